The Hall–Kier alpha value is -2.55. The van der Waals surface area contributed by atoms with E-state index in [0.29, 0.717) is 10.8 Å². The zero-order valence-electron chi connectivity index (χ0n) is 16.0. The summed E-state index contributed by atoms with van der Waals surface area (Å²) in [6.07, 6.45) is 0. The third kappa shape index (κ3) is 3.66. The van der Waals surface area contributed by atoms with Crippen LogP contribution in [0.25, 0.3) is 22.0 Å². The third-order valence-electron chi connectivity index (χ3n) is 4.67. The van der Waals surface area contributed by atoms with E-state index in [0.717, 1.165) is 50.9 Å². The molecule has 0 saturated carbocycles. The molecule has 0 aliphatic carbocycles. The summed E-state index contributed by atoms with van der Waals surface area (Å²) in [7, 11) is 0. The van der Waals surface area contributed by atoms with Gasteiger partial charge < -0.3 is 14.0 Å². The van der Waals surface area contributed by atoms with Gasteiger partial charge in [-0.3, -0.25) is 0 Å². The van der Waals surface area contributed by atoms with Gasteiger partial charge >= 0.3 is 0 Å². The molecule has 0 amide bonds. The molecule has 0 radical (unpaired) electrons. The van der Waals surface area contributed by atoms with Gasteiger partial charge in [-0.25, -0.2) is 4.98 Å². The fourth-order valence-corrected chi connectivity index (χ4v) is 5.23. The molecule has 0 atom stereocenters. The molecule has 3 heterocycles. The van der Waals surface area contributed by atoms with E-state index in [2.05, 4.69) is 27.1 Å². The maximum Gasteiger partial charge on any atom is 0.231 e. The van der Waals surface area contributed by atoms with Gasteiger partial charge in [-0.1, -0.05) is 35.5 Å². The number of nitrogens with zero attached hydrogens (tertiary/aromatic N) is 4. The molecule has 9 heteroatoms. The van der Waals surface area contributed by atoms with Crippen molar-refractivity contribution >= 4 is 34.7 Å². The minimum absolute atomic E-state index is 0.271. The summed E-state index contributed by atoms with van der Waals surface area (Å²) >= 11 is 9.59. The van der Waals surface area contributed by atoms with Gasteiger partial charge in [0.2, 0.25) is 6.79 Å². The Morgan fingerprint density at radius 3 is 2.87 bits per heavy atom. The van der Waals surface area contributed by atoms with Gasteiger partial charge in [0.15, 0.2) is 22.5 Å². The van der Waals surface area contributed by atoms with Crippen molar-refractivity contribution in [1.82, 2.24) is 19.7 Å². The van der Waals surface area contributed by atoms with Gasteiger partial charge in [0.25, 0.3) is 0 Å². The first-order valence-corrected chi connectivity index (χ1v) is 11.6. The molecular weight excluding hydrogens is 440 g/mol. The lowest BCUT2D eigenvalue weighted by atomic mass is 10.2. The summed E-state index contributed by atoms with van der Waals surface area (Å²) < 4.78 is 12.9. The summed E-state index contributed by atoms with van der Waals surface area (Å²) in [5.74, 6) is 3.04. The molecule has 1 aliphatic heterocycles. The monoisotopic (exact) mass is 456 g/mol. The lowest BCUT2D eigenvalue weighted by Gasteiger charge is -2.08. The van der Waals surface area contributed by atoms with Crippen molar-refractivity contribution in [3.8, 4) is 33.5 Å². The number of benzene rings is 2. The Balaban J connectivity index is 1.33. The predicted octanol–water partition coefficient (Wildman–Crippen LogP) is 5.76. The largest absolute Gasteiger partial charge is 0.454 e. The standard InChI is InChI=1S/C21H17ClN4O2S2/c1-2-26-19(15-5-3-4-6-16(15)22)24-25-21(26)30-11-14-10-29-20(23-14)13-7-8-17-18(9-13)28-12-27-17/h3-10H,2,11-12H2,1H3. The van der Waals surface area contributed by atoms with E-state index in [-0.39, 0.29) is 6.79 Å². The summed E-state index contributed by atoms with van der Waals surface area (Å²) in [6, 6.07) is 13.6. The molecule has 2 aromatic carbocycles. The van der Waals surface area contributed by atoms with Crippen molar-refractivity contribution in [3.63, 3.8) is 0 Å². The Morgan fingerprint density at radius 1 is 1.13 bits per heavy atom. The molecule has 30 heavy (non-hydrogen) atoms. The second-order valence-corrected chi connectivity index (χ2v) is 8.74. The van der Waals surface area contributed by atoms with Crippen molar-refractivity contribution in [3.05, 3.63) is 58.6 Å². The van der Waals surface area contributed by atoms with Crippen molar-refractivity contribution in [2.45, 2.75) is 24.4 Å². The van der Waals surface area contributed by atoms with E-state index in [1.807, 2.05) is 42.5 Å². The van der Waals surface area contributed by atoms with E-state index < -0.39 is 0 Å². The van der Waals surface area contributed by atoms with Crippen LogP contribution in [0.5, 0.6) is 11.5 Å². The highest BCUT2D eigenvalue weighted by molar-refractivity contribution is 7.98. The quantitative estimate of drug-likeness (QED) is 0.343. The lowest BCUT2D eigenvalue weighted by Crippen LogP contribution is -2.00. The second kappa shape index (κ2) is 8.29. The van der Waals surface area contributed by atoms with Gasteiger partial charge in [0, 0.05) is 28.8 Å². The Kier molecular flexibility index (Phi) is 5.37. The molecule has 6 nitrogen and oxygen atoms in total. The van der Waals surface area contributed by atoms with Crippen LogP contribution in [0.1, 0.15) is 12.6 Å². The number of rotatable bonds is 6. The van der Waals surface area contributed by atoms with Gasteiger partial charge in [0.1, 0.15) is 5.01 Å². The average molecular weight is 457 g/mol. The number of thiazole rings is 1. The van der Waals surface area contributed by atoms with Gasteiger partial charge in [0.05, 0.1) is 10.7 Å². The molecular formula is C21H17ClN4O2S2. The SMILES string of the molecule is CCn1c(SCc2csc(-c3ccc4c(c3)OCO4)n2)nnc1-c1ccccc1Cl. The van der Waals surface area contributed by atoms with E-state index in [1.54, 1.807) is 23.1 Å². The molecule has 0 fully saturated rings. The maximum atomic E-state index is 6.35. The lowest BCUT2D eigenvalue weighted by molar-refractivity contribution is 0.174. The Morgan fingerprint density at radius 2 is 2.00 bits per heavy atom. The van der Waals surface area contributed by atoms with Gasteiger partial charge in [-0.2, -0.15) is 0 Å². The first-order valence-electron chi connectivity index (χ1n) is 9.38. The summed E-state index contributed by atoms with van der Waals surface area (Å²) in [6.45, 7) is 3.11. The molecule has 0 unspecified atom stereocenters. The highest BCUT2D eigenvalue weighted by Gasteiger charge is 2.17. The van der Waals surface area contributed by atoms with Crippen LogP contribution in [-0.2, 0) is 12.3 Å². The highest BCUT2D eigenvalue weighted by atomic mass is 35.5. The highest BCUT2D eigenvalue weighted by Crippen LogP contribution is 2.37. The molecule has 0 N–H and O–H groups in total. The number of halogens is 1. The van der Waals surface area contributed by atoms with Crippen LogP contribution in [0.15, 0.2) is 53.0 Å². The van der Waals surface area contributed by atoms with Gasteiger partial charge in [-0.15, -0.1) is 21.5 Å². The first-order chi connectivity index (χ1) is 14.7. The van der Waals surface area contributed by atoms with Crippen LogP contribution in [-0.4, -0.2) is 26.5 Å². The molecule has 5 rings (SSSR count). The smallest absolute Gasteiger partial charge is 0.231 e. The van der Waals surface area contributed by atoms with Crippen molar-refractivity contribution in [2.75, 3.05) is 6.79 Å². The van der Waals surface area contributed by atoms with Gasteiger partial charge in [-0.05, 0) is 37.3 Å². The summed E-state index contributed by atoms with van der Waals surface area (Å²) in [4.78, 5) is 4.78. The Labute approximate surface area is 186 Å². The van der Waals surface area contributed by atoms with E-state index >= 15 is 0 Å². The third-order valence-corrected chi connectivity index (χ3v) is 6.94. The van der Waals surface area contributed by atoms with E-state index in [1.165, 1.54) is 0 Å². The zero-order chi connectivity index (χ0) is 20.5. The van der Waals surface area contributed by atoms with Crippen LogP contribution in [0.4, 0.5) is 0 Å². The fraction of sp³-hybridized carbons (Fsp3) is 0.190. The first kappa shape index (κ1) is 19.4. The number of thioether (sulfide) groups is 1. The number of fused-ring (bicyclic) bond motifs is 1. The normalized spacial score (nSPS) is 12.5. The Bertz CT molecular complexity index is 1210. The maximum absolute atomic E-state index is 6.35. The second-order valence-electron chi connectivity index (χ2n) is 6.53. The number of hydrogen-bond donors (Lipinski definition) is 0. The number of aromatic nitrogens is 4. The molecule has 2 aromatic heterocycles. The molecule has 4 aromatic rings. The van der Waals surface area contributed by atoms with E-state index in [4.69, 9.17) is 26.1 Å². The van der Waals surface area contributed by atoms with Crippen molar-refractivity contribution in [1.29, 1.82) is 0 Å². The summed E-state index contributed by atoms with van der Waals surface area (Å²) in [5, 5.41) is 13.3. The fourth-order valence-electron chi connectivity index (χ4n) is 3.20. The molecule has 1 aliphatic rings. The van der Waals surface area contributed by atoms with Crippen LogP contribution in [0.3, 0.4) is 0 Å². The van der Waals surface area contributed by atoms with Crippen molar-refractivity contribution in [2.24, 2.45) is 0 Å². The minimum Gasteiger partial charge on any atom is -0.454 e. The molecule has 0 spiro atoms. The van der Waals surface area contributed by atoms with Crippen LogP contribution in [0.2, 0.25) is 5.02 Å². The molecule has 0 bridgehead atoms. The number of hydrogen-bond acceptors (Lipinski definition) is 7. The van der Waals surface area contributed by atoms with Crippen LogP contribution < -0.4 is 9.47 Å². The van der Waals surface area contributed by atoms with Crippen LogP contribution in [0, 0.1) is 0 Å². The average Bonchev–Trinajstić information content (AvgIpc) is 3.50. The topological polar surface area (TPSA) is 62.1 Å². The number of ether oxygens (including phenoxy) is 2. The summed E-state index contributed by atoms with van der Waals surface area (Å²) in [5.41, 5.74) is 2.92. The predicted molar refractivity (Wildman–Crippen MR) is 119 cm³/mol. The van der Waals surface area contributed by atoms with E-state index in [9.17, 15) is 0 Å². The molecule has 0 saturated heterocycles. The van der Waals surface area contributed by atoms with Crippen molar-refractivity contribution < 1.29 is 9.47 Å². The minimum atomic E-state index is 0.271. The molecule has 152 valence electrons. The zero-order valence-corrected chi connectivity index (χ0v) is 18.4. The van der Waals surface area contributed by atoms with Crippen LogP contribution >= 0.6 is 34.7 Å².